The van der Waals surface area contributed by atoms with Crippen LogP contribution < -0.4 is 0 Å². The fourth-order valence-corrected chi connectivity index (χ4v) is 2.53. The van der Waals surface area contributed by atoms with E-state index in [2.05, 4.69) is 4.99 Å². The van der Waals surface area contributed by atoms with E-state index in [0.29, 0.717) is 0 Å². The maximum atomic E-state index is 12.0. The Balaban J connectivity index is 3.31. The van der Waals surface area contributed by atoms with Crippen LogP contribution in [-0.4, -0.2) is 37.2 Å². The first-order valence-electron chi connectivity index (χ1n) is 7.30. The molecule has 0 spiro atoms. The Kier molecular flexibility index (Phi) is 8.35. The van der Waals surface area contributed by atoms with Gasteiger partial charge in [0.15, 0.2) is 5.92 Å². The van der Waals surface area contributed by atoms with Gasteiger partial charge in [0.2, 0.25) is 0 Å². The summed E-state index contributed by atoms with van der Waals surface area (Å²) in [4.78, 5) is 39.4. The minimum atomic E-state index is -1.20. The second-order valence-corrected chi connectivity index (χ2v) is 5.88. The van der Waals surface area contributed by atoms with Crippen molar-refractivity contribution in [1.82, 2.24) is 0 Å². The molecule has 0 heterocycles. The van der Waals surface area contributed by atoms with Gasteiger partial charge in [0, 0.05) is 6.21 Å². The Hall–Kier alpha value is -1.63. The molecule has 6 nitrogen and oxygen atoms in total. The summed E-state index contributed by atoms with van der Waals surface area (Å²) >= 11 is 18.2. The number of ketones is 1. The zero-order valence-electron chi connectivity index (χ0n) is 13.8. The highest BCUT2D eigenvalue weighted by atomic mass is 35.5. The van der Waals surface area contributed by atoms with Crippen molar-refractivity contribution in [2.24, 2.45) is 10.9 Å². The van der Waals surface area contributed by atoms with Crippen LogP contribution in [0.15, 0.2) is 11.1 Å². The van der Waals surface area contributed by atoms with Gasteiger partial charge in [0.25, 0.3) is 0 Å². The summed E-state index contributed by atoms with van der Waals surface area (Å²) in [7, 11) is 0. The van der Waals surface area contributed by atoms with Crippen LogP contribution in [0.1, 0.15) is 31.1 Å². The van der Waals surface area contributed by atoms with E-state index in [4.69, 9.17) is 44.3 Å². The van der Waals surface area contributed by atoms with Crippen LogP contribution >= 0.6 is 34.8 Å². The van der Waals surface area contributed by atoms with Crippen LogP contribution in [0, 0.1) is 5.92 Å². The van der Waals surface area contributed by atoms with E-state index >= 15 is 0 Å². The van der Waals surface area contributed by atoms with Crippen LogP contribution in [0.2, 0.25) is 15.1 Å². The molecule has 0 aliphatic carbocycles. The Morgan fingerprint density at radius 3 is 2.24 bits per heavy atom. The quantitative estimate of drug-likeness (QED) is 0.291. The number of ether oxygens (including phenoxy) is 2. The van der Waals surface area contributed by atoms with Crippen LogP contribution in [0.4, 0.5) is 5.69 Å². The molecule has 9 heteroatoms. The Morgan fingerprint density at radius 1 is 1.12 bits per heavy atom. The largest absolute Gasteiger partial charge is 0.465 e. The maximum absolute atomic E-state index is 12.0. The second kappa shape index (κ2) is 9.75. The van der Waals surface area contributed by atoms with Crippen molar-refractivity contribution >= 4 is 64.4 Å². The molecule has 0 N–H and O–H groups in total. The van der Waals surface area contributed by atoms with Gasteiger partial charge >= 0.3 is 11.9 Å². The third-order valence-electron chi connectivity index (χ3n) is 2.96. The molecule has 0 radical (unpaired) electrons. The van der Waals surface area contributed by atoms with E-state index in [9.17, 15) is 14.4 Å². The van der Waals surface area contributed by atoms with Crippen molar-refractivity contribution in [3.63, 3.8) is 0 Å². The van der Waals surface area contributed by atoms with Gasteiger partial charge in [0.05, 0.1) is 34.0 Å². The molecule has 1 aromatic rings. The minimum absolute atomic E-state index is 0.0248. The Labute approximate surface area is 160 Å². The lowest BCUT2D eigenvalue weighted by Gasteiger charge is -2.11. The topological polar surface area (TPSA) is 82.0 Å². The molecule has 1 atom stereocenters. The number of hydrogen-bond donors (Lipinski definition) is 0. The Morgan fingerprint density at radius 2 is 1.72 bits per heavy atom. The summed E-state index contributed by atoms with van der Waals surface area (Å²) in [6, 6.07) is 1.31. The number of rotatable bonds is 7. The lowest BCUT2D eigenvalue weighted by Crippen LogP contribution is -2.25. The molecular weight excluding hydrogens is 393 g/mol. The number of carbonyl (C=O) groups is 3. The van der Waals surface area contributed by atoms with Crippen molar-refractivity contribution < 1.29 is 23.9 Å². The number of aliphatic imine (C=N–C) groups is 1. The number of halogens is 3. The van der Waals surface area contributed by atoms with Crippen molar-refractivity contribution in [2.75, 3.05) is 13.2 Å². The lowest BCUT2D eigenvalue weighted by molar-refractivity contribution is -0.148. The third kappa shape index (κ3) is 5.42. The Bertz CT molecular complexity index is 718. The number of nitrogens with zero attached hydrogens (tertiary/aromatic N) is 1. The summed E-state index contributed by atoms with van der Waals surface area (Å²) < 4.78 is 9.70. The predicted molar refractivity (Wildman–Crippen MR) is 96.4 cm³/mol. The second-order valence-electron chi connectivity index (χ2n) is 4.72. The number of Topliss-reactive ketones (excluding diaryl/α,β-unsaturated/α-hetero) is 1. The van der Waals surface area contributed by atoms with Gasteiger partial charge in [-0.1, -0.05) is 34.8 Å². The average Bonchev–Trinajstić information content (AvgIpc) is 2.52. The first kappa shape index (κ1) is 21.4. The summed E-state index contributed by atoms with van der Waals surface area (Å²) in [5.41, 5.74) is -0.0741. The third-order valence-corrected chi connectivity index (χ3v) is 4.13. The van der Waals surface area contributed by atoms with Gasteiger partial charge in [-0.15, -0.1) is 0 Å². The van der Waals surface area contributed by atoms with Crippen LogP contribution in [-0.2, 0) is 19.1 Å². The highest BCUT2D eigenvalue weighted by Gasteiger charge is 2.24. The number of esters is 2. The fourth-order valence-electron chi connectivity index (χ4n) is 1.79. The normalized spacial score (nSPS) is 12.1. The number of benzene rings is 1. The van der Waals surface area contributed by atoms with E-state index in [-0.39, 0.29) is 39.5 Å². The standard InChI is InChI=1S/C16H16Cl3NO5/c1-4-24-15(22)9(8(3)21)7-20-11-6-10(17)13(18)12(14(11)19)16(23)25-5-2/h6-7,9H,4-5H2,1-3H3. The molecule has 1 rings (SSSR count). The number of hydrogen-bond acceptors (Lipinski definition) is 6. The molecule has 0 aliphatic rings. The molecule has 25 heavy (non-hydrogen) atoms. The zero-order chi connectivity index (χ0) is 19.1. The zero-order valence-corrected chi connectivity index (χ0v) is 16.0. The SMILES string of the molecule is CCOC(=O)c1c(Cl)c(Cl)cc(N=CC(C(C)=O)C(=O)OCC)c1Cl. The van der Waals surface area contributed by atoms with Crippen LogP contribution in [0.5, 0.6) is 0 Å². The molecule has 0 saturated carbocycles. The van der Waals surface area contributed by atoms with Gasteiger partial charge in [-0.2, -0.15) is 0 Å². The van der Waals surface area contributed by atoms with E-state index < -0.39 is 23.6 Å². The molecule has 0 aliphatic heterocycles. The highest BCUT2D eigenvalue weighted by molar-refractivity contribution is 6.47. The van der Waals surface area contributed by atoms with Crippen molar-refractivity contribution in [3.05, 3.63) is 26.7 Å². The molecule has 136 valence electrons. The molecule has 0 amide bonds. The van der Waals surface area contributed by atoms with Gasteiger partial charge in [-0.05, 0) is 26.8 Å². The first-order valence-corrected chi connectivity index (χ1v) is 8.43. The first-order chi connectivity index (χ1) is 11.7. The molecule has 0 bridgehead atoms. The highest BCUT2D eigenvalue weighted by Crippen LogP contribution is 2.39. The summed E-state index contributed by atoms with van der Waals surface area (Å²) in [6.07, 6.45) is 1.08. The molecule has 1 aromatic carbocycles. The smallest absolute Gasteiger partial charge is 0.341 e. The monoisotopic (exact) mass is 407 g/mol. The van der Waals surface area contributed by atoms with Gasteiger partial charge in [-0.3, -0.25) is 14.6 Å². The maximum Gasteiger partial charge on any atom is 0.341 e. The van der Waals surface area contributed by atoms with E-state index in [0.717, 1.165) is 6.21 Å². The van der Waals surface area contributed by atoms with E-state index in [1.807, 2.05) is 0 Å². The summed E-state index contributed by atoms with van der Waals surface area (Å²) in [5.74, 6) is -3.15. The molecule has 0 fully saturated rings. The summed E-state index contributed by atoms with van der Waals surface area (Å²) in [5, 5.41) is -0.149. The van der Waals surface area contributed by atoms with E-state index in [1.54, 1.807) is 13.8 Å². The van der Waals surface area contributed by atoms with Gasteiger partial charge in [0.1, 0.15) is 11.3 Å². The fraction of sp³-hybridized carbons (Fsp3) is 0.375. The van der Waals surface area contributed by atoms with Crippen molar-refractivity contribution in [3.8, 4) is 0 Å². The minimum Gasteiger partial charge on any atom is -0.465 e. The molecule has 1 unspecified atom stereocenters. The van der Waals surface area contributed by atoms with E-state index in [1.165, 1.54) is 13.0 Å². The lowest BCUT2D eigenvalue weighted by atomic mass is 10.1. The van der Waals surface area contributed by atoms with Crippen LogP contribution in [0.25, 0.3) is 0 Å². The molecule has 0 saturated heterocycles. The van der Waals surface area contributed by atoms with Gasteiger partial charge < -0.3 is 9.47 Å². The van der Waals surface area contributed by atoms with Crippen molar-refractivity contribution in [2.45, 2.75) is 20.8 Å². The van der Waals surface area contributed by atoms with Crippen molar-refractivity contribution in [1.29, 1.82) is 0 Å². The molecular formula is C16H16Cl3NO5. The van der Waals surface area contributed by atoms with Gasteiger partial charge in [-0.25, -0.2) is 4.79 Å². The summed E-state index contributed by atoms with van der Waals surface area (Å²) in [6.45, 7) is 4.71. The average molecular weight is 409 g/mol. The number of carbonyl (C=O) groups excluding carboxylic acids is 3. The molecule has 0 aromatic heterocycles. The van der Waals surface area contributed by atoms with Crippen LogP contribution in [0.3, 0.4) is 0 Å². The predicted octanol–water partition coefficient (Wildman–Crippen LogP) is 4.29.